The summed E-state index contributed by atoms with van der Waals surface area (Å²) in [6, 6.07) is 2.10. The Morgan fingerprint density at radius 3 is 1.50 bits per heavy atom. The molecule has 0 saturated carbocycles. The number of carbonyl (C=O) groups is 11. The first-order chi connectivity index (χ1) is 35.8. The second-order valence-electron chi connectivity index (χ2n) is 17.7. The molecule has 0 aliphatic rings. The van der Waals surface area contributed by atoms with Crippen molar-refractivity contribution >= 4 is 83.8 Å². The van der Waals surface area contributed by atoms with E-state index < -0.39 is 152 Å². The molecule has 0 unspecified atom stereocenters. The number of nitrogens with two attached hydrogens (primary N) is 3. The predicted octanol–water partition coefficient (Wildman–Crippen LogP) is -3.12. The van der Waals surface area contributed by atoms with Crippen molar-refractivity contribution in [2.24, 2.45) is 28.1 Å². The van der Waals surface area contributed by atoms with Gasteiger partial charge in [-0.1, -0.05) is 62.7 Å². The number of nitrogens with zero attached hydrogens (tertiary/aromatic N) is 1. The van der Waals surface area contributed by atoms with Gasteiger partial charge < -0.3 is 80.2 Å². The Balaban J connectivity index is 2.59. The predicted molar refractivity (Wildman–Crippen MR) is 277 cm³/mol. The van der Waals surface area contributed by atoms with Gasteiger partial charge in [0.15, 0.2) is 5.96 Å². The van der Waals surface area contributed by atoms with Crippen LogP contribution in [-0.2, 0) is 65.6 Å². The number of aromatic hydroxyl groups is 1. The van der Waals surface area contributed by atoms with Gasteiger partial charge in [-0.3, -0.25) is 52.9 Å². The van der Waals surface area contributed by atoms with Gasteiger partial charge in [0.25, 0.3) is 0 Å². The van der Waals surface area contributed by atoms with Gasteiger partial charge in [-0.2, -0.15) is 12.6 Å². The molecule has 0 aliphatic carbocycles. The van der Waals surface area contributed by atoms with Crippen LogP contribution < -0.4 is 59.7 Å². The normalized spacial score (nSPS) is 14.4. The number of amides is 8. The van der Waals surface area contributed by atoms with Crippen LogP contribution in [0.5, 0.6) is 5.75 Å². The zero-order chi connectivity index (χ0) is 57.1. The SMILES string of the molecule is CC[C@H](C)[C@H](NC(=O)[C@H](CCC(=O)O)NC(=O)CNC(=O)[C@H](C)N)C(=O)N[C@@H](Cc1ccc(O)cc1)C(=O)N[C@@H](Cc1ccccc1)C(=O)N[C@@H](CCC(=O)O)C(=O)N[C@@H](CCCN=C(N)N)C(=O)N[C@@H](CS)C(=O)O. The summed E-state index contributed by atoms with van der Waals surface area (Å²) in [5.74, 6) is -13.0. The van der Waals surface area contributed by atoms with Crippen molar-refractivity contribution < 1.29 is 73.2 Å². The second-order valence-corrected chi connectivity index (χ2v) is 18.1. The number of carboxylic acids is 3. The quantitative estimate of drug-likeness (QED) is 0.0143. The molecule has 418 valence electrons. The number of phenolic OH excluding ortho intramolecular Hbond substituents is 1. The maximum absolute atomic E-state index is 14.6. The van der Waals surface area contributed by atoms with E-state index >= 15 is 0 Å². The van der Waals surface area contributed by atoms with Gasteiger partial charge >= 0.3 is 17.9 Å². The molecule has 76 heavy (non-hydrogen) atoms. The van der Waals surface area contributed by atoms with E-state index in [0.29, 0.717) is 11.1 Å². The lowest BCUT2D eigenvalue weighted by atomic mass is 9.96. The molecule has 28 heteroatoms. The summed E-state index contributed by atoms with van der Waals surface area (Å²) in [5, 5.41) is 58.2. The number of aliphatic carboxylic acids is 3. The van der Waals surface area contributed by atoms with Crippen molar-refractivity contribution in [1.29, 1.82) is 0 Å². The highest BCUT2D eigenvalue weighted by atomic mass is 32.1. The van der Waals surface area contributed by atoms with Crippen LogP contribution in [0.15, 0.2) is 59.6 Å². The van der Waals surface area contributed by atoms with E-state index in [1.54, 1.807) is 44.2 Å². The molecular formula is C48H70N12O15S. The third kappa shape index (κ3) is 23.9. The van der Waals surface area contributed by atoms with Crippen LogP contribution in [0.1, 0.15) is 76.8 Å². The highest BCUT2D eigenvalue weighted by molar-refractivity contribution is 7.80. The van der Waals surface area contributed by atoms with Crippen molar-refractivity contribution in [3.8, 4) is 5.75 Å². The summed E-state index contributed by atoms with van der Waals surface area (Å²) in [5.41, 5.74) is 17.2. The third-order valence-electron chi connectivity index (χ3n) is 11.5. The van der Waals surface area contributed by atoms with Crippen molar-refractivity contribution in [3.63, 3.8) is 0 Å². The fraction of sp³-hybridized carbons (Fsp3) is 0.500. The minimum atomic E-state index is -1.68. The van der Waals surface area contributed by atoms with E-state index in [2.05, 4.69) is 60.2 Å². The number of aliphatic imine (C=N–C) groups is 1. The minimum absolute atomic E-state index is 0.00843. The number of rotatable bonds is 34. The summed E-state index contributed by atoms with van der Waals surface area (Å²) in [4.78, 5) is 148. The third-order valence-corrected chi connectivity index (χ3v) is 11.9. The molecule has 2 rings (SSSR count). The highest BCUT2D eigenvalue weighted by Gasteiger charge is 2.36. The first-order valence-corrected chi connectivity index (χ1v) is 24.8. The molecule has 9 atom stereocenters. The number of benzene rings is 2. The Bertz CT molecular complexity index is 2360. The molecule has 0 bridgehead atoms. The van der Waals surface area contributed by atoms with Crippen molar-refractivity contribution in [2.45, 2.75) is 127 Å². The van der Waals surface area contributed by atoms with Gasteiger partial charge in [-0.15, -0.1) is 0 Å². The maximum atomic E-state index is 14.6. The van der Waals surface area contributed by atoms with Crippen LogP contribution in [-0.4, -0.2) is 159 Å². The number of carbonyl (C=O) groups excluding carboxylic acids is 8. The largest absolute Gasteiger partial charge is 0.508 e. The lowest BCUT2D eigenvalue weighted by Gasteiger charge is -2.29. The standard InChI is InChI=1S/C48H70N12O15S/c1-4-25(2)39(60-43(70)31(16-18-37(63)64)54-36(62)23-53-40(67)26(3)49)46(73)58-34(22-28-12-14-29(61)15-13-28)45(72)57-33(21-27-9-6-5-7-10-27)44(71)56-32(17-19-38(65)66)42(69)55-30(11-8-20-52-48(50)51)41(68)59-35(24-76)47(74)75/h5-7,9-10,12-15,25-26,30-35,39,61,76H,4,8,11,16-24,49H2,1-3H3,(H,53,67)(H,54,62)(H,55,69)(H,56,71)(H,57,72)(H,58,73)(H,59,68)(H,60,70)(H,63,64)(H,65,66)(H,74,75)(H4,50,51,52)/t25-,26-,30-,31-,32-,33-,34-,35-,39-/m0/s1. The monoisotopic (exact) mass is 1090 g/mol. The molecule has 2 aromatic carbocycles. The summed E-state index contributed by atoms with van der Waals surface area (Å²) >= 11 is 3.96. The van der Waals surface area contributed by atoms with Crippen LogP contribution in [0.25, 0.3) is 0 Å². The molecule has 0 fully saturated rings. The number of phenols is 1. The van der Waals surface area contributed by atoms with Crippen molar-refractivity contribution in [3.05, 3.63) is 65.7 Å². The molecule has 8 amide bonds. The molecular weight excluding hydrogens is 1020 g/mol. The first kappa shape index (κ1) is 64.1. The van der Waals surface area contributed by atoms with E-state index in [1.807, 2.05) is 0 Å². The van der Waals surface area contributed by atoms with E-state index in [-0.39, 0.29) is 56.1 Å². The smallest absolute Gasteiger partial charge is 0.327 e. The molecule has 0 aromatic heterocycles. The number of thiol groups is 1. The number of hydrogen-bond donors (Lipinski definition) is 16. The number of hydrogen-bond acceptors (Lipinski definition) is 15. The van der Waals surface area contributed by atoms with Crippen LogP contribution in [0.3, 0.4) is 0 Å². The molecule has 2 aromatic rings. The van der Waals surface area contributed by atoms with Gasteiger partial charge in [0.2, 0.25) is 47.3 Å². The Kier molecular flexibility index (Phi) is 27.9. The average Bonchev–Trinajstić information content (AvgIpc) is 3.36. The number of guanidine groups is 1. The molecule has 27 nitrogen and oxygen atoms in total. The molecule has 0 saturated heterocycles. The van der Waals surface area contributed by atoms with Gasteiger partial charge in [0.05, 0.1) is 12.6 Å². The zero-order valence-corrected chi connectivity index (χ0v) is 43.2. The number of carboxylic acid groups (broad SMARTS) is 3. The zero-order valence-electron chi connectivity index (χ0n) is 42.3. The van der Waals surface area contributed by atoms with E-state index in [0.717, 1.165) is 0 Å². The Morgan fingerprint density at radius 2 is 1.03 bits per heavy atom. The van der Waals surface area contributed by atoms with Gasteiger partial charge in [-0.25, -0.2) is 4.79 Å². The molecule has 0 heterocycles. The van der Waals surface area contributed by atoms with Crippen molar-refractivity contribution in [1.82, 2.24) is 42.5 Å². The Morgan fingerprint density at radius 1 is 0.579 bits per heavy atom. The van der Waals surface area contributed by atoms with Crippen LogP contribution in [0, 0.1) is 5.92 Å². The lowest BCUT2D eigenvalue weighted by molar-refractivity contribution is -0.141. The summed E-state index contributed by atoms with van der Waals surface area (Å²) in [6.45, 7) is 4.04. The first-order valence-electron chi connectivity index (χ1n) is 24.1. The average molecular weight is 1090 g/mol. The van der Waals surface area contributed by atoms with Crippen LogP contribution >= 0.6 is 12.6 Å². The number of nitrogens with one attached hydrogen (secondary N) is 8. The van der Waals surface area contributed by atoms with Gasteiger partial charge in [-0.05, 0) is 61.8 Å². The Labute approximate surface area is 443 Å². The lowest BCUT2D eigenvalue weighted by Crippen LogP contribution is -2.61. The topological polar surface area (TPSA) is 455 Å². The van der Waals surface area contributed by atoms with Crippen LogP contribution in [0.4, 0.5) is 0 Å². The maximum Gasteiger partial charge on any atom is 0.327 e. The van der Waals surface area contributed by atoms with E-state index in [9.17, 15) is 73.2 Å². The minimum Gasteiger partial charge on any atom is -0.508 e. The fourth-order valence-electron chi connectivity index (χ4n) is 7.05. The van der Waals surface area contributed by atoms with Gasteiger partial charge in [0, 0.05) is 38.0 Å². The molecule has 0 radical (unpaired) electrons. The van der Waals surface area contributed by atoms with Crippen molar-refractivity contribution in [2.75, 3.05) is 18.8 Å². The Hall–Kier alpha value is -8.01. The van der Waals surface area contributed by atoms with Gasteiger partial charge in [0.1, 0.15) is 48.0 Å². The molecule has 18 N–H and O–H groups in total. The van der Waals surface area contributed by atoms with Crippen LogP contribution in [0.2, 0.25) is 0 Å². The summed E-state index contributed by atoms with van der Waals surface area (Å²) < 4.78 is 0. The summed E-state index contributed by atoms with van der Waals surface area (Å²) in [7, 11) is 0. The molecule has 0 aliphatic heterocycles. The van der Waals surface area contributed by atoms with E-state index in [1.165, 1.54) is 31.2 Å². The second kappa shape index (κ2) is 33.0. The highest BCUT2D eigenvalue weighted by Crippen LogP contribution is 2.15. The molecule has 0 spiro atoms. The van der Waals surface area contributed by atoms with E-state index in [4.69, 9.17) is 17.2 Å². The fourth-order valence-corrected chi connectivity index (χ4v) is 7.29. The summed E-state index contributed by atoms with van der Waals surface area (Å²) in [6.07, 6.45) is -2.57.